The molecule has 1 rings (SSSR count). The smallest absolute Gasteiger partial charge is 0.107 e. The number of nitrogens with zero attached hydrogens (tertiary/aromatic N) is 1. The molecular formula is C12H23N3. The molecule has 2 N–H and O–H groups in total. The summed E-state index contributed by atoms with van der Waals surface area (Å²) >= 11 is 0. The topological polar surface area (TPSA) is 40.7 Å². The van der Waals surface area contributed by atoms with E-state index in [1.54, 1.807) is 6.20 Å². The lowest BCUT2D eigenvalue weighted by Gasteiger charge is -2.03. The summed E-state index contributed by atoms with van der Waals surface area (Å²) in [5.74, 6) is 1.08. The second-order valence-corrected chi connectivity index (χ2v) is 3.95. The number of aromatic nitrogens is 2. The lowest BCUT2D eigenvalue weighted by Crippen LogP contribution is -2.18. The summed E-state index contributed by atoms with van der Waals surface area (Å²) in [6, 6.07) is 0. The van der Waals surface area contributed by atoms with Gasteiger partial charge < -0.3 is 10.3 Å². The number of hydrogen-bond donors (Lipinski definition) is 2. The molecular weight excluding hydrogens is 186 g/mol. The first kappa shape index (κ1) is 12.2. The fraction of sp³-hybridized carbons (Fsp3) is 0.750. The first-order chi connectivity index (χ1) is 7.43. The van der Waals surface area contributed by atoms with Crippen molar-refractivity contribution in [3.8, 4) is 0 Å². The third kappa shape index (κ3) is 6.28. The highest BCUT2D eigenvalue weighted by atomic mass is 14.9. The third-order valence-electron chi connectivity index (χ3n) is 2.55. The van der Waals surface area contributed by atoms with Gasteiger partial charge in [0.2, 0.25) is 0 Å². The summed E-state index contributed by atoms with van der Waals surface area (Å²) in [5, 5.41) is 3.44. The molecule has 1 heterocycles. The standard InChI is InChI=1S/C12H23N3/c1-2-3-4-5-6-8-13-9-7-12-14-10-11-15-12/h10-11,13H,2-9H2,1H3,(H,14,15). The highest BCUT2D eigenvalue weighted by molar-refractivity contribution is 4.87. The van der Waals surface area contributed by atoms with Crippen LogP contribution in [0.15, 0.2) is 12.4 Å². The predicted molar refractivity (Wildman–Crippen MR) is 63.9 cm³/mol. The molecule has 0 saturated carbocycles. The molecule has 0 unspecified atom stereocenters. The molecule has 1 aromatic heterocycles. The number of unbranched alkanes of at least 4 members (excludes halogenated alkanes) is 4. The van der Waals surface area contributed by atoms with E-state index in [1.807, 2.05) is 6.20 Å². The molecule has 0 aromatic carbocycles. The minimum atomic E-state index is 1.00. The van der Waals surface area contributed by atoms with E-state index in [9.17, 15) is 0 Å². The number of hydrogen-bond acceptors (Lipinski definition) is 2. The van der Waals surface area contributed by atoms with Gasteiger partial charge in [-0.2, -0.15) is 0 Å². The van der Waals surface area contributed by atoms with Crippen LogP contribution in [0.3, 0.4) is 0 Å². The van der Waals surface area contributed by atoms with E-state index in [0.717, 1.165) is 25.3 Å². The lowest BCUT2D eigenvalue weighted by atomic mass is 10.1. The van der Waals surface area contributed by atoms with Gasteiger partial charge in [-0.1, -0.05) is 32.6 Å². The molecule has 0 radical (unpaired) electrons. The van der Waals surface area contributed by atoms with Crippen molar-refractivity contribution in [2.75, 3.05) is 13.1 Å². The van der Waals surface area contributed by atoms with Crippen LogP contribution < -0.4 is 5.32 Å². The number of aromatic amines is 1. The predicted octanol–water partition coefficient (Wildman–Crippen LogP) is 2.51. The summed E-state index contributed by atoms with van der Waals surface area (Å²) in [7, 11) is 0. The van der Waals surface area contributed by atoms with Crippen LogP contribution >= 0.6 is 0 Å². The summed E-state index contributed by atoms with van der Waals surface area (Å²) in [4.78, 5) is 7.28. The first-order valence-electron chi connectivity index (χ1n) is 6.12. The Morgan fingerprint density at radius 3 is 2.80 bits per heavy atom. The van der Waals surface area contributed by atoms with E-state index in [0.29, 0.717) is 0 Å². The molecule has 3 nitrogen and oxygen atoms in total. The van der Waals surface area contributed by atoms with E-state index in [1.165, 1.54) is 32.1 Å². The molecule has 0 aliphatic rings. The Morgan fingerprint density at radius 1 is 1.20 bits per heavy atom. The maximum atomic E-state index is 4.18. The van der Waals surface area contributed by atoms with Crippen LogP contribution in [0.4, 0.5) is 0 Å². The van der Waals surface area contributed by atoms with Crippen LogP contribution in [0.5, 0.6) is 0 Å². The lowest BCUT2D eigenvalue weighted by molar-refractivity contribution is 0.581. The largest absolute Gasteiger partial charge is 0.349 e. The van der Waals surface area contributed by atoms with Crippen LogP contribution in [0.2, 0.25) is 0 Å². The molecule has 0 saturated heterocycles. The van der Waals surface area contributed by atoms with Gasteiger partial charge in [0, 0.05) is 25.4 Å². The fourth-order valence-corrected chi connectivity index (χ4v) is 1.62. The minimum Gasteiger partial charge on any atom is -0.349 e. The number of rotatable bonds is 9. The quantitative estimate of drug-likeness (QED) is 0.614. The van der Waals surface area contributed by atoms with Gasteiger partial charge in [-0.05, 0) is 13.0 Å². The average Bonchev–Trinajstić information content (AvgIpc) is 2.75. The number of H-pyrrole nitrogens is 1. The molecule has 0 amide bonds. The molecule has 0 aliphatic carbocycles. The maximum Gasteiger partial charge on any atom is 0.107 e. The van der Waals surface area contributed by atoms with E-state index in [4.69, 9.17) is 0 Å². The molecule has 15 heavy (non-hydrogen) atoms. The Balaban J connectivity index is 1.81. The zero-order valence-electron chi connectivity index (χ0n) is 9.76. The minimum absolute atomic E-state index is 1.00. The fourth-order valence-electron chi connectivity index (χ4n) is 1.62. The van der Waals surface area contributed by atoms with Crippen molar-refractivity contribution in [3.05, 3.63) is 18.2 Å². The molecule has 1 aromatic rings. The Bertz CT molecular complexity index is 219. The van der Waals surface area contributed by atoms with E-state index >= 15 is 0 Å². The van der Waals surface area contributed by atoms with Gasteiger partial charge in [0.25, 0.3) is 0 Å². The SMILES string of the molecule is CCCCCCCNCCc1ncc[nH]1. The maximum absolute atomic E-state index is 4.18. The van der Waals surface area contributed by atoms with E-state index in [-0.39, 0.29) is 0 Å². The number of nitrogens with one attached hydrogen (secondary N) is 2. The molecule has 0 aliphatic heterocycles. The van der Waals surface area contributed by atoms with Crippen molar-refractivity contribution in [1.29, 1.82) is 0 Å². The molecule has 0 atom stereocenters. The van der Waals surface area contributed by atoms with Crippen molar-refractivity contribution in [1.82, 2.24) is 15.3 Å². The van der Waals surface area contributed by atoms with Gasteiger partial charge in [-0.15, -0.1) is 0 Å². The van der Waals surface area contributed by atoms with Crippen molar-refractivity contribution in [2.24, 2.45) is 0 Å². The third-order valence-corrected chi connectivity index (χ3v) is 2.55. The second kappa shape index (κ2) is 8.48. The Kier molecular flexibility index (Phi) is 6.92. The van der Waals surface area contributed by atoms with Crippen LogP contribution in [-0.2, 0) is 6.42 Å². The monoisotopic (exact) mass is 209 g/mol. The molecule has 86 valence electrons. The first-order valence-corrected chi connectivity index (χ1v) is 6.12. The van der Waals surface area contributed by atoms with E-state index < -0.39 is 0 Å². The Morgan fingerprint density at radius 2 is 2.07 bits per heavy atom. The average molecular weight is 209 g/mol. The summed E-state index contributed by atoms with van der Waals surface area (Å²) in [5.41, 5.74) is 0. The molecule has 0 bridgehead atoms. The van der Waals surface area contributed by atoms with Crippen LogP contribution in [0, 0.1) is 0 Å². The van der Waals surface area contributed by atoms with Crippen molar-refractivity contribution in [3.63, 3.8) is 0 Å². The van der Waals surface area contributed by atoms with Gasteiger partial charge in [-0.3, -0.25) is 0 Å². The second-order valence-electron chi connectivity index (χ2n) is 3.95. The highest BCUT2D eigenvalue weighted by Gasteiger charge is 1.93. The molecule has 0 fully saturated rings. The van der Waals surface area contributed by atoms with Gasteiger partial charge in [-0.25, -0.2) is 4.98 Å². The van der Waals surface area contributed by atoms with Gasteiger partial charge in [0.1, 0.15) is 5.82 Å². The molecule has 3 heteroatoms. The normalized spacial score (nSPS) is 10.7. The van der Waals surface area contributed by atoms with Crippen molar-refractivity contribution < 1.29 is 0 Å². The van der Waals surface area contributed by atoms with Crippen LogP contribution in [-0.4, -0.2) is 23.1 Å². The van der Waals surface area contributed by atoms with Gasteiger partial charge in [0.15, 0.2) is 0 Å². The summed E-state index contributed by atoms with van der Waals surface area (Å²) in [6.07, 6.45) is 11.4. The molecule has 0 spiro atoms. The Hall–Kier alpha value is -0.830. The van der Waals surface area contributed by atoms with E-state index in [2.05, 4.69) is 22.2 Å². The van der Waals surface area contributed by atoms with Crippen molar-refractivity contribution >= 4 is 0 Å². The van der Waals surface area contributed by atoms with Gasteiger partial charge in [0.05, 0.1) is 0 Å². The van der Waals surface area contributed by atoms with Crippen molar-refractivity contribution in [2.45, 2.75) is 45.4 Å². The van der Waals surface area contributed by atoms with Crippen LogP contribution in [0.1, 0.15) is 44.9 Å². The Labute approximate surface area is 92.7 Å². The zero-order valence-corrected chi connectivity index (χ0v) is 9.76. The highest BCUT2D eigenvalue weighted by Crippen LogP contribution is 2.01. The van der Waals surface area contributed by atoms with Crippen LogP contribution in [0.25, 0.3) is 0 Å². The summed E-state index contributed by atoms with van der Waals surface area (Å²) in [6.45, 7) is 4.42. The van der Waals surface area contributed by atoms with Gasteiger partial charge >= 0.3 is 0 Å². The number of imidazole rings is 1. The zero-order chi connectivity index (χ0) is 10.8. The summed E-state index contributed by atoms with van der Waals surface area (Å²) < 4.78 is 0.